The molecule has 7 nitrogen and oxygen atoms in total. The van der Waals surface area contributed by atoms with Gasteiger partial charge in [-0.15, -0.1) is 0 Å². The first-order valence-corrected chi connectivity index (χ1v) is 11.5. The monoisotopic (exact) mass is 497 g/mol. The van der Waals surface area contributed by atoms with Gasteiger partial charge in [0, 0.05) is 27.7 Å². The molecule has 2 heterocycles. The van der Waals surface area contributed by atoms with Gasteiger partial charge >= 0.3 is 0 Å². The highest BCUT2D eigenvalue weighted by Crippen LogP contribution is 2.52. The first-order valence-electron chi connectivity index (χ1n) is 10.7. The molecule has 0 bridgehead atoms. The SMILES string of the molecule is CN1C[C@H](c2ccc(OCc3ccc(Cl)cc3)c(Cl)c2)[C@H]([N+](=O)[O-])[C@@]12C(=O)Nc1ccccc12. The minimum atomic E-state index is -1.39. The van der Waals surface area contributed by atoms with Crippen LogP contribution in [0.3, 0.4) is 0 Å². The lowest BCUT2D eigenvalue weighted by Gasteiger charge is -2.30. The average molecular weight is 498 g/mol. The second-order valence-electron chi connectivity index (χ2n) is 8.59. The molecule has 0 aromatic heterocycles. The molecule has 5 rings (SSSR count). The second-order valence-corrected chi connectivity index (χ2v) is 9.43. The van der Waals surface area contributed by atoms with Gasteiger partial charge in [-0.2, -0.15) is 0 Å². The average Bonchev–Trinajstić information content (AvgIpc) is 3.29. The number of amides is 1. The van der Waals surface area contributed by atoms with Gasteiger partial charge in [0.25, 0.3) is 11.9 Å². The largest absolute Gasteiger partial charge is 0.487 e. The van der Waals surface area contributed by atoms with Crippen LogP contribution in [0.2, 0.25) is 10.0 Å². The zero-order valence-electron chi connectivity index (χ0n) is 18.2. The summed E-state index contributed by atoms with van der Waals surface area (Å²) < 4.78 is 5.85. The maximum absolute atomic E-state index is 13.2. The van der Waals surface area contributed by atoms with Crippen LogP contribution >= 0.6 is 23.2 Å². The van der Waals surface area contributed by atoms with Crippen LogP contribution < -0.4 is 10.1 Å². The predicted molar refractivity (Wildman–Crippen MR) is 130 cm³/mol. The van der Waals surface area contributed by atoms with Crippen LogP contribution in [0.15, 0.2) is 66.7 Å². The van der Waals surface area contributed by atoms with Crippen LogP contribution in [-0.4, -0.2) is 35.4 Å². The lowest BCUT2D eigenvalue weighted by molar-refractivity contribution is -0.534. The number of nitrogens with one attached hydrogen (secondary N) is 1. The number of para-hydroxylation sites is 1. The summed E-state index contributed by atoms with van der Waals surface area (Å²) in [5.74, 6) is -0.447. The summed E-state index contributed by atoms with van der Waals surface area (Å²) in [5.41, 5.74) is 1.47. The molecule has 3 aromatic carbocycles. The molecule has 0 aliphatic carbocycles. The van der Waals surface area contributed by atoms with Gasteiger partial charge in [-0.25, -0.2) is 0 Å². The number of nitrogens with zero attached hydrogens (tertiary/aromatic N) is 2. The van der Waals surface area contributed by atoms with Crippen molar-refractivity contribution < 1.29 is 14.5 Å². The van der Waals surface area contributed by atoms with Gasteiger partial charge in [0.05, 0.1) is 10.9 Å². The molecule has 1 amide bonds. The Bertz CT molecular complexity index is 1280. The molecular formula is C25H21Cl2N3O4. The number of carbonyl (C=O) groups is 1. The van der Waals surface area contributed by atoms with Crippen molar-refractivity contribution in [1.82, 2.24) is 4.90 Å². The van der Waals surface area contributed by atoms with E-state index in [-0.39, 0.29) is 10.8 Å². The van der Waals surface area contributed by atoms with E-state index in [4.69, 9.17) is 27.9 Å². The van der Waals surface area contributed by atoms with Crippen LogP contribution in [-0.2, 0) is 16.9 Å². The first kappa shape index (κ1) is 22.7. The van der Waals surface area contributed by atoms with E-state index in [1.165, 1.54) is 0 Å². The van der Waals surface area contributed by atoms with E-state index in [1.807, 2.05) is 12.1 Å². The van der Waals surface area contributed by atoms with Crippen molar-refractivity contribution in [1.29, 1.82) is 0 Å². The van der Waals surface area contributed by atoms with Crippen molar-refractivity contribution in [2.75, 3.05) is 18.9 Å². The Hall–Kier alpha value is -3.13. The minimum absolute atomic E-state index is 0.306. The van der Waals surface area contributed by atoms with Crippen molar-refractivity contribution in [3.63, 3.8) is 0 Å². The van der Waals surface area contributed by atoms with Crippen LogP contribution in [0.25, 0.3) is 0 Å². The fraction of sp³-hybridized carbons (Fsp3) is 0.240. The normalized spacial score (nSPS) is 23.7. The van der Waals surface area contributed by atoms with Gasteiger partial charge in [-0.3, -0.25) is 19.8 Å². The van der Waals surface area contributed by atoms with Crippen LogP contribution in [0.5, 0.6) is 5.75 Å². The van der Waals surface area contributed by atoms with Crippen LogP contribution in [0, 0.1) is 10.1 Å². The van der Waals surface area contributed by atoms with Crippen molar-refractivity contribution >= 4 is 34.8 Å². The molecule has 174 valence electrons. The lowest BCUT2D eigenvalue weighted by Crippen LogP contribution is -2.54. The number of carbonyl (C=O) groups excluding carboxylic acids is 1. The smallest absolute Gasteiger partial charge is 0.256 e. The van der Waals surface area contributed by atoms with Crippen molar-refractivity contribution in [2.24, 2.45) is 0 Å². The van der Waals surface area contributed by atoms with E-state index in [1.54, 1.807) is 66.5 Å². The van der Waals surface area contributed by atoms with Crippen molar-refractivity contribution in [3.05, 3.63) is 104 Å². The summed E-state index contributed by atoms with van der Waals surface area (Å²) in [6.07, 6.45) is 0. The molecule has 1 saturated heterocycles. The summed E-state index contributed by atoms with van der Waals surface area (Å²) in [6.45, 7) is 0.634. The van der Waals surface area contributed by atoms with Gasteiger partial charge in [0.15, 0.2) is 5.54 Å². The number of likely N-dealkylation sites (N-methyl/N-ethyl adjacent to an activating group) is 1. The molecular weight excluding hydrogens is 477 g/mol. The number of hydrogen-bond donors (Lipinski definition) is 1. The topological polar surface area (TPSA) is 84.7 Å². The number of rotatable bonds is 5. The molecule has 0 saturated carbocycles. The number of likely N-dealkylation sites (tertiary alicyclic amines) is 1. The molecule has 9 heteroatoms. The molecule has 1 fully saturated rings. The second kappa shape index (κ2) is 8.58. The Kier molecular flexibility index (Phi) is 5.72. The number of ether oxygens (including phenoxy) is 1. The van der Waals surface area contributed by atoms with E-state index in [9.17, 15) is 14.9 Å². The summed E-state index contributed by atoms with van der Waals surface area (Å²) in [6, 6.07) is 18.5. The highest BCUT2D eigenvalue weighted by molar-refractivity contribution is 6.32. The predicted octanol–water partition coefficient (Wildman–Crippen LogP) is 5.09. The Morgan fingerprint density at radius 2 is 1.88 bits per heavy atom. The van der Waals surface area contributed by atoms with E-state index in [0.29, 0.717) is 45.8 Å². The molecule has 3 aromatic rings. The van der Waals surface area contributed by atoms with E-state index in [0.717, 1.165) is 5.56 Å². The van der Waals surface area contributed by atoms with Gasteiger partial charge in [-0.1, -0.05) is 59.6 Å². The summed E-state index contributed by atoms with van der Waals surface area (Å²) in [4.78, 5) is 27.1. The van der Waals surface area contributed by atoms with Gasteiger partial charge < -0.3 is 10.1 Å². The summed E-state index contributed by atoms with van der Waals surface area (Å²) >= 11 is 12.4. The van der Waals surface area contributed by atoms with Crippen molar-refractivity contribution in [2.45, 2.75) is 24.1 Å². The Morgan fingerprint density at radius 1 is 1.15 bits per heavy atom. The zero-order chi connectivity index (χ0) is 24.0. The highest BCUT2D eigenvalue weighted by atomic mass is 35.5. The third-order valence-corrected chi connectivity index (χ3v) is 7.28. The number of hydrogen-bond acceptors (Lipinski definition) is 5. The number of benzene rings is 3. The molecule has 3 atom stereocenters. The molecule has 0 radical (unpaired) electrons. The van der Waals surface area contributed by atoms with E-state index < -0.39 is 17.5 Å². The standard InChI is InChI=1S/C25H21Cl2N3O4/c1-29-13-18(23(30(32)33)25(29)19-4-2-3-5-21(19)28-24(25)31)16-8-11-22(20(27)12-16)34-14-15-6-9-17(26)10-7-15/h2-12,18,23H,13-14H2,1H3,(H,28,31)/t18-,23+,25+/m1/s1. The number of nitro groups is 1. The number of anilines is 1. The molecule has 2 aliphatic rings. The highest BCUT2D eigenvalue weighted by Gasteiger charge is 2.68. The molecule has 1 spiro atoms. The molecule has 34 heavy (non-hydrogen) atoms. The third-order valence-electron chi connectivity index (χ3n) is 6.73. The fourth-order valence-electron chi connectivity index (χ4n) is 5.19. The quantitative estimate of drug-likeness (QED) is 0.391. The Morgan fingerprint density at radius 3 is 2.59 bits per heavy atom. The fourth-order valence-corrected chi connectivity index (χ4v) is 5.56. The van der Waals surface area contributed by atoms with Gasteiger partial charge in [0.1, 0.15) is 12.4 Å². The van der Waals surface area contributed by atoms with Crippen molar-refractivity contribution in [3.8, 4) is 5.75 Å². The van der Waals surface area contributed by atoms with E-state index in [2.05, 4.69) is 5.32 Å². The third kappa shape index (κ3) is 3.52. The van der Waals surface area contributed by atoms with Crippen LogP contribution in [0.4, 0.5) is 5.69 Å². The molecule has 2 aliphatic heterocycles. The lowest BCUT2D eigenvalue weighted by atomic mass is 9.79. The summed E-state index contributed by atoms with van der Waals surface area (Å²) in [5, 5.41) is 16.2. The van der Waals surface area contributed by atoms with Gasteiger partial charge in [-0.05, 0) is 48.5 Å². The number of fused-ring (bicyclic) bond motifs is 2. The molecule has 0 unspecified atom stereocenters. The maximum Gasteiger partial charge on any atom is 0.256 e. The Balaban J connectivity index is 1.46. The minimum Gasteiger partial charge on any atom is -0.487 e. The first-order chi connectivity index (χ1) is 16.3. The maximum atomic E-state index is 13.2. The number of halogens is 2. The zero-order valence-corrected chi connectivity index (χ0v) is 19.7. The van der Waals surface area contributed by atoms with Gasteiger partial charge in [0.2, 0.25) is 0 Å². The Labute approximate surface area is 206 Å². The molecule has 1 N–H and O–H groups in total. The van der Waals surface area contributed by atoms with E-state index >= 15 is 0 Å². The van der Waals surface area contributed by atoms with Crippen LogP contribution in [0.1, 0.15) is 22.6 Å². The summed E-state index contributed by atoms with van der Waals surface area (Å²) in [7, 11) is 1.75.